The number of Topliss-reactive ketones (excluding diaryl/α,β-unsaturated/α-hetero) is 4. The number of hydrogen-bond acceptors (Lipinski definition) is 4. The van der Waals surface area contributed by atoms with E-state index in [0.29, 0.717) is 25.2 Å². The first kappa shape index (κ1) is 39.9. The molecule has 4 nitrogen and oxygen atoms in total. The van der Waals surface area contributed by atoms with Gasteiger partial charge >= 0.3 is 0 Å². The molecule has 0 aromatic heterocycles. The molecule has 0 bridgehead atoms. The minimum absolute atomic E-state index is 0.00396. The summed E-state index contributed by atoms with van der Waals surface area (Å²) in [6, 6.07) is 19.3. The Balaban J connectivity index is 0.00000188. The number of hydrogen-bond donors (Lipinski definition) is 0. The summed E-state index contributed by atoms with van der Waals surface area (Å²) in [5.41, 5.74) is 11.3. The van der Waals surface area contributed by atoms with Gasteiger partial charge in [-0.15, -0.1) is 0 Å². The van der Waals surface area contributed by atoms with Crippen LogP contribution in [-0.2, 0) is 40.1 Å². The van der Waals surface area contributed by atoms with E-state index in [1.807, 2.05) is 26.0 Å². The zero-order valence-electron chi connectivity index (χ0n) is 32.5. The van der Waals surface area contributed by atoms with Gasteiger partial charge in [0.05, 0.1) is 6.42 Å². The predicted molar refractivity (Wildman–Crippen MR) is 211 cm³/mol. The van der Waals surface area contributed by atoms with Crippen LogP contribution in [0, 0.1) is 24.7 Å². The lowest BCUT2D eigenvalue weighted by Crippen LogP contribution is -2.30. The number of ketones is 4. The minimum Gasteiger partial charge on any atom is -0.300 e. The largest absolute Gasteiger partial charge is 0.300 e. The molecule has 0 radical (unpaired) electrons. The average Bonchev–Trinajstić information content (AvgIpc) is 3.50. The van der Waals surface area contributed by atoms with Crippen molar-refractivity contribution in [3.05, 3.63) is 105 Å². The van der Waals surface area contributed by atoms with E-state index >= 15 is 0 Å². The number of fused-ring (bicyclic) bond motifs is 2. The number of rotatable bonds is 15. The van der Waals surface area contributed by atoms with Crippen LogP contribution < -0.4 is 0 Å². The van der Waals surface area contributed by atoms with E-state index in [0.717, 1.165) is 66.3 Å². The van der Waals surface area contributed by atoms with E-state index in [4.69, 9.17) is 0 Å². The molecule has 0 saturated carbocycles. The van der Waals surface area contributed by atoms with Gasteiger partial charge in [0.1, 0.15) is 17.3 Å². The van der Waals surface area contributed by atoms with Crippen molar-refractivity contribution in [3.8, 4) is 0 Å². The molecule has 5 rings (SSSR count). The van der Waals surface area contributed by atoms with Crippen LogP contribution in [0.15, 0.2) is 54.6 Å². The molecule has 0 heterocycles. The molecule has 0 spiro atoms. The van der Waals surface area contributed by atoms with Gasteiger partial charge in [0.25, 0.3) is 0 Å². The highest BCUT2D eigenvalue weighted by atomic mass is 16.1. The number of carbonyl (C=O) groups excluding carboxylic acids is 4. The van der Waals surface area contributed by atoms with Crippen LogP contribution in [0.4, 0.5) is 0 Å². The van der Waals surface area contributed by atoms with Gasteiger partial charge in [-0.25, -0.2) is 0 Å². The highest BCUT2D eigenvalue weighted by molar-refractivity contribution is 6.01. The molecule has 2 aliphatic rings. The van der Waals surface area contributed by atoms with E-state index in [-0.39, 0.29) is 47.3 Å². The smallest absolute Gasteiger partial charge is 0.163 e. The lowest BCUT2D eigenvalue weighted by Gasteiger charge is -2.32. The second kappa shape index (κ2) is 18.5. The Labute approximate surface area is 307 Å². The summed E-state index contributed by atoms with van der Waals surface area (Å²) in [4.78, 5) is 51.4. The second-order valence-electron chi connectivity index (χ2n) is 15.5. The number of allylic oxidation sites excluding steroid dienone is 1. The third-order valence-electron chi connectivity index (χ3n) is 10.7. The maximum Gasteiger partial charge on any atom is 0.163 e. The number of carbonyl (C=O) groups is 4. The van der Waals surface area contributed by atoms with Crippen LogP contribution in [0.2, 0.25) is 0 Å². The first-order chi connectivity index (χ1) is 24.4. The van der Waals surface area contributed by atoms with Crippen molar-refractivity contribution in [1.82, 2.24) is 0 Å². The summed E-state index contributed by atoms with van der Waals surface area (Å²) in [5, 5.41) is 0. The quantitative estimate of drug-likeness (QED) is 0.149. The van der Waals surface area contributed by atoms with E-state index in [1.165, 1.54) is 41.2 Å². The summed E-state index contributed by atoms with van der Waals surface area (Å²) in [6.45, 7) is 16.3. The summed E-state index contributed by atoms with van der Waals surface area (Å²) >= 11 is 0. The first-order valence-electron chi connectivity index (χ1n) is 19.5. The van der Waals surface area contributed by atoms with Crippen LogP contribution in [0.3, 0.4) is 0 Å². The van der Waals surface area contributed by atoms with Gasteiger partial charge in [-0.2, -0.15) is 0 Å². The fourth-order valence-electron chi connectivity index (χ4n) is 8.20. The van der Waals surface area contributed by atoms with Gasteiger partial charge in [-0.1, -0.05) is 121 Å². The maximum absolute atomic E-state index is 13.6. The molecule has 4 heteroatoms. The molecule has 272 valence electrons. The van der Waals surface area contributed by atoms with Crippen molar-refractivity contribution in [2.75, 3.05) is 0 Å². The topological polar surface area (TPSA) is 68.3 Å². The van der Waals surface area contributed by atoms with Crippen molar-refractivity contribution in [3.63, 3.8) is 0 Å². The van der Waals surface area contributed by atoms with Crippen LogP contribution in [0.25, 0.3) is 11.6 Å². The number of benzene rings is 3. The fraction of sp³-hybridized carbons (Fsp3) is 0.489. The Morgan fingerprint density at radius 1 is 0.863 bits per heavy atom. The van der Waals surface area contributed by atoms with Gasteiger partial charge in [0, 0.05) is 30.7 Å². The van der Waals surface area contributed by atoms with Crippen molar-refractivity contribution < 1.29 is 19.2 Å². The highest BCUT2D eigenvalue weighted by Crippen LogP contribution is 2.37. The molecular formula is C47H60O4. The maximum atomic E-state index is 13.6. The monoisotopic (exact) mass is 688 g/mol. The predicted octanol–water partition coefficient (Wildman–Crippen LogP) is 11.1. The molecule has 0 N–H and O–H groups in total. The average molecular weight is 689 g/mol. The van der Waals surface area contributed by atoms with E-state index in [2.05, 4.69) is 83.2 Å². The third kappa shape index (κ3) is 10.3. The summed E-state index contributed by atoms with van der Waals surface area (Å²) in [7, 11) is 0. The molecular weight excluding hydrogens is 629 g/mol. The van der Waals surface area contributed by atoms with Crippen LogP contribution in [0.1, 0.15) is 154 Å². The Kier molecular flexibility index (Phi) is 14.5. The first-order valence-corrected chi connectivity index (χ1v) is 19.5. The molecule has 0 amide bonds. The van der Waals surface area contributed by atoms with Gasteiger partial charge in [-0.05, 0) is 107 Å². The zero-order chi connectivity index (χ0) is 37.2. The second-order valence-corrected chi connectivity index (χ2v) is 15.5. The van der Waals surface area contributed by atoms with Gasteiger partial charge in [0.15, 0.2) is 5.78 Å². The van der Waals surface area contributed by atoms with Crippen LogP contribution >= 0.6 is 0 Å². The molecule has 51 heavy (non-hydrogen) atoms. The van der Waals surface area contributed by atoms with Gasteiger partial charge in [0.2, 0.25) is 0 Å². The van der Waals surface area contributed by atoms with Crippen molar-refractivity contribution in [2.45, 2.75) is 132 Å². The molecule has 3 atom stereocenters. The lowest BCUT2D eigenvalue weighted by atomic mass is 9.72. The molecule has 3 aromatic carbocycles. The Bertz CT molecular complexity index is 1740. The van der Waals surface area contributed by atoms with Gasteiger partial charge < -0.3 is 0 Å². The molecule has 3 aromatic rings. The van der Waals surface area contributed by atoms with Crippen molar-refractivity contribution in [1.29, 1.82) is 0 Å². The Morgan fingerprint density at radius 3 is 2.20 bits per heavy atom. The zero-order valence-corrected chi connectivity index (χ0v) is 32.5. The summed E-state index contributed by atoms with van der Waals surface area (Å²) in [5.74, 6) is 0.999. The third-order valence-corrected chi connectivity index (χ3v) is 10.7. The summed E-state index contributed by atoms with van der Waals surface area (Å²) < 4.78 is 0. The highest BCUT2D eigenvalue weighted by Gasteiger charge is 2.33. The van der Waals surface area contributed by atoms with Crippen LogP contribution in [-0.4, -0.2) is 23.1 Å². The lowest BCUT2D eigenvalue weighted by molar-refractivity contribution is -0.130. The molecule has 3 unspecified atom stereocenters. The normalized spacial score (nSPS) is 16.1. The minimum atomic E-state index is -0.133. The molecule has 0 aliphatic heterocycles. The molecule has 0 saturated heterocycles. The standard InChI is InChI=1S/C44H52O4.C3H8/c1-7-9-36(41(8-2)42(47)18-28(5)45)19-31-20-37-17-15-34(29(6)44(37)43(48)22-31)26-40(46)21-30-10-12-32(13-11-30)38-24-35-16-14-33(27(3)4)23-39(35)25-38;1-3-2/h10-17,23-24,27,31,36,41H,7-9,18-22,25-26H2,1-6H3;3H2,1-2H3. The van der Waals surface area contributed by atoms with Crippen molar-refractivity contribution in [2.24, 2.45) is 17.8 Å². The Morgan fingerprint density at radius 2 is 1.57 bits per heavy atom. The van der Waals surface area contributed by atoms with Gasteiger partial charge in [-0.3, -0.25) is 19.2 Å². The van der Waals surface area contributed by atoms with E-state index < -0.39 is 0 Å². The summed E-state index contributed by atoms with van der Waals surface area (Å²) in [6.07, 6.45) is 9.86. The Hall–Kier alpha value is -3.92. The molecule has 0 fully saturated rings. The SMILES string of the molecule is CCC.CCCC(CC1CC(=O)c2c(ccc(CC(=O)Cc3ccc(C4=Cc5ccc(C(C)C)cc5C4)cc3)c2C)C1)C(CC)C(=O)CC(C)=O. The van der Waals surface area contributed by atoms with Crippen molar-refractivity contribution >= 4 is 34.8 Å². The van der Waals surface area contributed by atoms with E-state index in [9.17, 15) is 19.2 Å². The molecule has 2 aliphatic carbocycles. The van der Waals surface area contributed by atoms with Crippen LogP contribution in [0.5, 0.6) is 0 Å². The fourth-order valence-corrected chi connectivity index (χ4v) is 8.20. The van der Waals surface area contributed by atoms with E-state index in [1.54, 1.807) is 0 Å².